The smallest absolute Gasteiger partial charge is 0.309 e. The zero-order chi connectivity index (χ0) is 24.7. The zero-order valence-electron chi connectivity index (χ0n) is 22.4. The number of esters is 2. The molecular formula is C29H48O5. The second-order valence-electron chi connectivity index (χ2n) is 12.9. The van der Waals surface area contributed by atoms with Crippen molar-refractivity contribution in [3.05, 3.63) is 0 Å². The number of rotatable bonds is 7. The van der Waals surface area contributed by atoms with E-state index in [0.717, 1.165) is 43.1 Å². The summed E-state index contributed by atoms with van der Waals surface area (Å²) >= 11 is 0. The number of hydrogen-bond donors (Lipinski definition) is 0. The molecule has 4 fully saturated rings. The number of hydrogen-bond acceptors (Lipinski definition) is 5. The predicted molar refractivity (Wildman–Crippen MR) is 132 cm³/mol. The van der Waals surface area contributed by atoms with Gasteiger partial charge >= 0.3 is 11.9 Å². The van der Waals surface area contributed by atoms with E-state index in [1.165, 1.54) is 45.4 Å². The maximum Gasteiger partial charge on any atom is 0.309 e. The molecule has 0 unspecified atom stereocenters. The molecule has 2 saturated heterocycles. The Bertz CT molecular complexity index is 747. The molecule has 5 heteroatoms. The predicted octanol–water partition coefficient (Wildman–Crippen LogP) is 6.32. The Balaban J connectivity index is 1.48. The standard InChI is InChI=1S/C29H48O5/c1-18(2)8-7-9-19(3)23-10-11-24-22-13-15-32-29(6,25(22)12-14-28(23,24)5)26-16-21(33-20(4)30)17-27(31)34-26/h18-19,21-26H,7-17H2,1-6H3/t19-,21+,22+,23-,24+,25+,26+,28-,29+/m1/s1. The van der Waals surface area contributed by atoms with Crippen LogP contribution in [-0.4, -0.2) is 36.4 Å². The van der Waals surface area contributed by atoms with Crippen molar-refractivity contribution in [1.29, 1.82) is 0 Å². The van der Waals surface area contributed by atoms with Gasteiger partial charge in [0.2, 0.25) is 0 Å². The Morgan fingerprint density at radius 1 is 1.09 bits per heavy atom. The summed E-state index contributed by atoms with van der Waals surface area (Å²) in [6, 6.07) is 0. The van der Waals surface area contributed by atoms with Crippen LogP contribution in [0.3, 0.4) is 0 Å². The Morgan fingerprint density at radius 2 is 1.85 bits per heavy atom. The van der Waals surface area contributed by atoms with Crippen LogP contribution in [0.25, 0.3) is 0 Å². The van der Waals surface area contributed by atoms with Gasteiger partial charge in [-0.15, -0.1) is 0 Å². The van der Waals surface area contributed by atoms with Gasteiger partial charge in [0.25, 0.3) is 0 Å². The molecule has 4 rings (SSSR count). The number of ether oxygens (including phenoxy) is 3. The largest absolute Gasteiger partial charge is 0.462 e. The molecule has 0 bridgehead atoms. The molecule has 0 spiro atoms. The minimum Gasteiger partial charge on any atom is -0.462 e. The normalized spacial score (nSPS) is 43.1. The Kier molecular flexibility index (Phi) is 7.72. The van der Waals surface area contributed by atoms with E-state index in [0.29, 0.717) is 23.7 Å². The van der Waals surface area contributed by atoms with Gasteiger partial charge in [-0.1, -0.05) is 47.0 Å². The monoisotopic (exact) mass is 476 g/mol. The van der Waals surface area contributed by atoms with Crippen LogP contribution < -0.4 is 0 Å². The lowest BCUT2D eigenvalue weighted by molar-refractivity contribution is -0.238. The molecule has 5 nitrogen and oxygen atoms in total. The van der Waals surface area contributed by atoms with E-state index in [9.17, 15) is 9.59 Å². The molecule has 2 heterocycles. The van der Waals surface area contributed by atoms with Crippen LogP contribution in [0.1, 0.15) is 106 Å². The third kappa shape index (κ3) is 4.92. The van der Waals surface area contributed by atoms with Crippen molar-refractivity contribution in [2.24, 2.45) is 40.9 Å². The van der Waals surface area contributed by atoms with Crippen LogP contribution >= 0.6 is 0 Å². The van der Waals surface area contributed by atoms with Crippen molar-refractivity contribution in [2.75, 3.05) is 6.61 Å². The summed E-state index contributed by atoms with van der Waals surface area (Å²) in [6.07, 6.45) is 10.2. The fraction of sp³-hybridized carbons (Fsp3) is 0.931. The van der Waals surface area contributed by atoms with Crippen molar-refractivity contribution < 1.29 is 23.8 Å². The van der Waals surface area contributed by atoms with Crippen LogP contribution in [0, 0.1) is 40.9 Å². The molecule has 4 aliphatic rings. The van der Waals surface area contributed by atoms with E-state index in [1.807, 2.05) is 0 Å². The van der Waals surface area contributed by atoms with Gasteiger partial charge < -0.3 is 14.2 Å². The van der Waals surface area contributed by atoms with Crippen LogP contribution in [0.2, 0.25) is 0 Å². The summed E-state index contributed by atoms with van der Waals surface area (Å²) in [7, 11) is 0. The maximum atomic E-state index is 12.4. The molecule has 0 amide bonds. The molecule has 0 aromatic carbocycles. The summed E-state index contributed by atoms with van der Waals surface area (Å²) < 4.78 is 17.8. The molecule has 0 aromatic heterocycles. The van der Waals surface area contributed by atoms with Crippen molar-refractivity contribution in [3.8, 4) is 0 Å². The van der Waals surface area contributed by atoms with Gasteiger partial charge in [0.15, 0.2) is 0 Å². The second kappa shape index (κ2) is 10.1. The van der Waals surface area contributed by atoms with Gasteiger partial charge in [0.05, 0.1) is 6.42 Å². The van der Waals surface area contributed by atoms with Gasteiger partial charge in [0.1, 0.15) is 17.8 Å². The van der Waals surface area contributed by atoms with Crippen LogP contribution in [0.5, 0.6) is 0 Å². The lowest BCUT2D eigenvalue weighted by atomic mass is 9.52. The molecule has 0 N–H and O–H groups in total. The first-order valence-corrected chi connectivity index (χ1v) is 14.0. The lowest BCUT2D eigenvalue weighted by Crippen LogP contribution is -2.61. The molecule has 0 aromatic rings. The van der Waals surface area contributed by atoms with E-state index in [2.05, 4.69) is 34.6 Å². The first-order chi connectivity index (χ1) is 16.0. The highest BCUT2D eigenvalue weighted by Crippen LogP contribution is 2.64. The van der Waals surface area contributed by atoms with E-state index >= 15 is 0 Å². The Morgan fingerprint density at radius 3 is 2.56 bits per heavy atom. The van der Waals surface area contributed by atoms with Gasteiger partial charge in [0, 0.05) is 20.0 Å². The molecule has 34 heavy (non-hydrogen) atoms. The quantitative estimate of drug-likeness (QED) is 0.402. The highest BCUT2D eigenvalue weighted by atomic mass is 16.6. The van der Waals surface area contributed by atoms with Gasteiger partial charge in [-0.3, -0.25) is 9.59 Å². The average molecular weight is 477 g/mol. The Hall–Kier alpha value is -1.10. The van der Waals surface area contributed by atoms with Crippen molar-refractivity contribution in [2.45, 2.75) is 124 Å². The molecule has 2 saturated carbocycles. The van der Waals surface area contributed by atoms with Gasteiger partial charge in [-0.2, -0.15) is 0 Å². The minimum atomic E-state index is -0.500. The summed E-state index contributed by atoms with van der Waals surface area (Å²) in [5.74, 6) is 3.55. The van der Waals surface area contributed by atoms with Crippen molar-refractivity contribution in [1.82, 2.24) is 0 Å². The highest BCUT2D eigenvalue weighted by Gasteiger charge is 2.61. The molecule has 2 aliphatic heterocycles. The number of carbonyl (C=O) groups excluding carboxylic acids is 2. The highest BCUT2D eigenvalue weighted by molar-refractivity contribution is 5.72. The van der Waals surface area contributed by atoms with E-state index in [1.54, 1.807) is 0 Å². The zero-order valence-corrected chi connectivity index (χ0v) is 22.4. The van der Waals surface area contributed by atoms with Crippen molar-refractivity contribution in [3.63, 3.8) is 0 Å². The molecule has 0 radical (unpaired) electrons. The molecule has 9 atom stereocenters. The van der Waals surface area contributed by atoms with Crippen molar-refractivity contribution >= 4 is 11.9 Å². The maximum absolute atomic E-state index is 12.4. The molecule has 194 valence electrons. The fourth-order valence-electron chi connectivity index (χ4n) is 8.72. The Labute approximate surface area is 207 Å². The number of cyclic esters (lactones) is 1. The van der Waals surface area contributed by atoms with Gasteiger partial charge in [-0.05, 0) is 80.0 Å². The minimum absolute atomic E-state index is 0.150. The fourth-order valence-corrected chi connectivity index (χ4v) is 8.72. The third-order valence-electron chi connectivity index (χ3n) is 10.4. The van der Waals surface area contributed by atoms with E-state index in [-0.39, 0.29) is 24.5 Å². The van der Waals surface area contributed by atoms with Crippen LogP contribution in [-0.2, 0) is 23.8 Å². The lowest BCUT2D eigenvalue weighted by Gasteiger charge is -2.58. The number of carbonyl (C=O) groups is 2. The molecular weight excluding hydrogens is 428 g/mol. The number of fused-ring (bicyclic) bond motifs is 3. The average Bonchev–Trinajstić information content (AvgIpc) is 3.10. The van der Waals surface area contributed by atoms with Crippen LogP contribution in [0.4, 0.5) is 0 Å². The van der Waals surface area contributed by atoms with Crippen LogP contribution in [0.15, 0.2) is 0 Å². The SMILES string of the molecule is CC(=O)O[C@@H]1CC(=O)O[C@H]([C@@]2(C)OCC[C@H]3[C@@H]4CC[C@H]([C@H](C)CCCC(C)C)[C@@]4(C)CC[C@@H]32)C1. The first kappa shape index (κ1) is 26.0. The topological polar surface area (TPSA) is 61.8 Å². The summed E-state index contributed by atoms with van der Waals surface area (Å²) in [5, 5.41) is 0. The first-order valence-electron chi connectivity index (χ1n) is 14.0. The van der Waals surface area contributed by atoms with E-state index < -0.39 is 11.7 Å². The summed E-state index contributed by atoms with van der Waals surface area (Å²) in [5.41, 5.74) is -0.0835. The summed E-state index contributed by atoms with van der Waals surface area (Å²) in [6.45, 7) is 14.1. The third-order valence-corrected chi connectivity index (χ3v) is 10.4. The summed E-state index contributed by atoms with van der Waals surface area (Å²) in [4.78, 5) is 24.0. The molecule has 2 aliphatic carbocycles. The van der Waals surface area contributed by atoms with E-state index in [4.69, 9.17) is 14.2 Å². The second-order valence-corrected chi connectivity index (χ2v) is 12.9. The van der Waals surface area contributed by atoms with Gasteiger partial charge in [-0.25, -0.2) is 0 Å².